The molecule has 0 amide bonds. The molecule has 0 aromatic heterocycles. The van der Waals surface area contributed by atoms with Crippen LogP contribution >= 0.6 is 0 Å². The van der Waals surface area contributed by atoms with Crippen LogP contribution < -0.4 is 4.74 Å². The molecule has 0 aliphatic carbocycles. The van der Waals surface area contributed by atoms with Crippen LogP contribution in [0.25, 0.3) is 0 Å². The smallest absolute Gasteiger partial charge is 0.119 e. The molecule has 3 nitrogen and oxygen atoms in total. The predicted octanol–water partition coefficient (Wildman–Crippen LogP) is 4.71. The Bertz CT molecular complexity index is 801. The van der Waals surface area contributed by atoms with E-state index in [1.807, 2.05) is 6.07 Å². The van der Waals surface area contributed by atoms with Crippen LogP contribution in [0.3, 0.4) is 0 Å². The summed E-state index contributed by atoms with van der Waals surface area (Å²) < 4.78 is 5.48. The highest BCUT2D eigenvalue weighted by Gasteiger charge is 2.33. The first-order valence-corrected chi connectivity index (χ1v) is 9.53. The maximum atomic E-state index is 5.48. The molecule has 27 heavy (non-hydrogen) atoms. The van der Waals surface area contributed by atoms with E-state index in [1.165, 1.54) is 16.7 Å². The zero-order valence-electron chi connectivity index (χ0n) is 15.8. The first-order valence-electron chi connectivity index (χ1n) is 9.53. The molecular formula is C24H26N2O. The van der Waals surface area contributed by atoms with Gasteiger partial charge in [-0.15, -0.1) is 0 Å². The minimum Gasteiger partial charge on any atom is -0.497 e. The summed E-state index contributed by atoms with van der Waals surface area (Å²) in [5, 5.41) is 0. The van der Waals surface area contributed by atoms with Gasteiger partial charge in [0.25, 0.3) is 0 Å². The third kappa shape index (κ3) is 4.21. The molecule has 1 saturated heterocycles. The van der Waals surface area contributed by atoms with E-state index in [-0.39, 0.29) is 6.17 Å². The second-order valence-electron chi connectivity index (χ2n) is 7.06. The second-order valence-corrected chi connectivity index (χ2v) is 7.06. The van der Waals surface area contributed by atoms with Gasteiger partial charge in [0.1, 0.15) is 5.75 Å². The lowest BCUT2D eigenvalue weighted by Crippen LogP contribution is -2.30. The van der Waals surface area contributed by atoms with E-state index < -0.39 is 0 Å². The maximum Gasteiger partial charge on any atom is 0.119 e. The minimum absolute atomic E-state index is 0.250. The number of rotatable bonds is 6. The number of hydrogen-bond acceptors (Lipinski definition) is 3. The zero-order valence-corrected chi connectivity index (χ0v) is 15.8. The molecule has 1 fully saturated rings. The molecule has 138 valence electrons. The zero-order chi connectivity index (χ0) is 18.5. The molecular weight excluding hydrogens is 332 g/mol. The van der Waals surface area contributed by atoms with Gasteiger partial charge in [0.05, 0.1) is 13.3 Å². The molecule has 0 atom stereocenters. The Morgan fingerprint density at radius 3 is 1.81 bits per heavy atom. The lowest BCUT2D eigenvalue weighted by Gasteiger charge is -2.31. The topological polar surface area (TPSA) is 15.7 Å². The predicted molar refractivity (Wildman–Crippen MR) is 109 cm³/mol. The van der Waals surface area contributed by atoms with E-state index in [0.29, 0.717) is 0 Å². The Labute approximate surface area is 161 Å². The fourth-order valence-corrected chi connectivity index (χ4v) is 3.92. The molecule has 0 unspecified atom stereocenters. The molecule has 0 spiro atoms. The minimum atomic E-state index is 0.250. The van der Waals surface area contributed by atoms with Crippen molar-refractivity contribution in [3.8, 4) is 5.75 Å². The van der Waals surface area contributed by atoms with Crippen molar-refractivity contribution in [3.05, 3.63) is 102 Å². The van der Waals surface area contributed by atoms with Crippen LogP contribution in [-0.2, 0) is 13.1 Å². The molecule has 4 rings (SSSR count). The lowest BCUT2D eigenvalue weighted by atomic mass is 10.1. The Morgan fingerprint density at radius 2 is 1.30 bits per heavy atom. The van der Waals surface area contributed by atoms with E-state index in [1.54, 1.807) is 7.11 Å². The van der Waals surface area contributed by atoms with Crippen LogP contribution in [0.5, 0.6) is 5.75 Å². The van der Waals surface area contributed by atoms with Crippen molar-refractivity contribution >= 4 is 0 Å². The van der Waals surface area contributed by atoms with Crippen LogP contribution in [0.4, 0.5) is 0 Å². The maximum absolute atomic E-state index is 5.48. The van der Waals surface area contributed by atoms with Crippen molar-refractivity contribution in [1.82, 2.24) is 9.80 Å². The normalized spacial score (nSPS) is 15.9. The van der Waals surface area contributed by atoms with Gasteiger partial charge >= 0.3 is 0 Å². The highest BCUT2D eigenvalue weighted by molar-refractivity contribution is 5.31. The molecule has 0 N–H and O–H groups in total. The molecule has 0 radical (unpaired) electrons. The molecule has 0 saturated carbocycles. The van der Waals surface area contributed by atoms with Crippen molar-refractivity contribution < 1.29 is 4.74 Å². The molecule has 3 aromatic rings. The van der Waals surface area contributed by atoms with E-state index in [9.17, 15) is 0 Å². The third-order valence-corrected chi connectivity index (χ3v) is 5.22. The van der Waals surface area contributed by atoms with Gasteiger partial charge in [-0.3, -0.25) is 9.80 Å². The van der Waals surface area contributed by atoms with Gasteiger partial charge in [0.15, 0.2) is 0 Å². The standard InChI is InChI=1S/C24H26N2O/c1-27-23-14-8-13-22(17-23)24-25(18-20-9-4-2-5-10-20)15-16-26(24)19-21-11-6-3-7-12-21/h2-14,17,24H,15-16,18-19H2,1H3. The summed E-state index contributed by atoms with van der Waals surface area (Å²) in [4.78, 5) is 5.13. The van der Waals surface area contributed by atoms with Crippen molar-refractivity contribution in [2.75, 3.05) is 20.2 Å². The van der Waals surface area contributed by atoms with Gasteiger partial charge < -0.3 is 4.74 Å². The summed E-state index contributed by atoms with van der Waals surface area (Å²) in [6.45, 7) is 4.02. The summed E-state index contributed by atoms with van der Waals surface area (Å²) in [5.41, 5.74) is 4.00. The Morgan fingerprint density at radius 1 is 0.741 bits per heavy atom. The van der Waals surface area contributed by atoms with E-state index in [2.05, 4.69) is 88.7 Å². The van der Waals surface area contributed by atoms with E-state index in [4.69, 9.17) is 4.74 Å². The monoisotopic (exact) mass is 358 g/mol. The van der Waals surface area contributed by atoms with Gasteiger partial charge in [0.2, 0.25) is 0 Å². The van der Waals surface area contributed by atoms with Crippen molar-refractivity contribution in [3.63, 3.8) is 0 Å². The summed E-state index contributed by atoms with van der Waals surface area (Å²) in [6, 6.07) is 30.0. The molecule has 1 heterocycles. The van der Waals surface area contributed by atoms with Crippen LogP contribution in [0, 0.1) is 0 Å². The largest absolute Gasteiger partial charge is 0.497 e. The number of ether oxygens (including phenoxy) is 1. The van der Waals surface area contributed by atoms with Gasteiger partial charge in [-0.1, -0.05) is 72.8 Å². The third-order valence-electron chi connectivity index (χ3n) is 5.22. The van der Waals surface area contributed by atoms with Crippen molar-refractivity contribution in [2.24, 2.45) is 0 Å². The Hall–Kier alpha value is -2.62. The van der Waals surface area contributed by atoms with Crippen LogP contribution in [0.2, 0.25) is 0 Å². The fraction of sp³-hybridized carbons (Fsp3) is 0.250. The number of hydrogen-bond donors (Lipinski definition) is 0. The molecule has 3 heteroatoms. The molecule has 0 bridgehead atoms. The van der Waals surface area contributed by atoms with Crippen LogP contribution in [-0.4, -0.2) is 30.0 Å². The number of nitrogens with zero attached hydrogens (tertiary/aromatic N) is 2. The van der Waals surface area contributed by atoms with Crippen molar-refractivity contribution in [1.29, 1.82) is 0 Å². The van der Waals surface area contributed by atoms with E-state index in [0.717, 1.165) is 31.9 Å². The molecule has 1 aliphatic rings. The number of benzene rings is 3. The lowest BCUT2D eigenvalue weighted by molar-refractivity contribution is 0.125. The van der Waals surface area contributed by atoms with Gasteiger partial charge in [-0.25, -0.2) is 0 Å². The molecule has 1 aliphatic heterocycles. The van der Waals surface area contributed by atoms with E-state index >= 15 is 0 Å². The SMILES string of the molecule is COc1cccc(C2N(Cc3ccccc3)CCN2Cc2ccccc2)c1. The average molecular weight is 358 g/mol. The quantitative estimate of drug-likeness (QED) is 0.634. The van der Waals surface area contributed by atoms with Gasteiger partial charge in [0, 0.05) is 26.2 Å². The Kier molecular flexibility index (Phi) is 5.52. The summed E-state index contributed by atoms with van der Waals surface area (Å²) >= 11 is 0. The highest BCUT2D eigenvalue weighted by atomic mass is 16.5. The highest BCUT2D eigenvalue weighted by Crippen LogP contribution is 2.34. The van der Waals surface area contributed by atoms with Crippen LogP contribution in [0.15, 0.2) is 84.9 Å². The first kappa shape index (κ1) is 17.8. The molecule has 3 aromatic carbocycles. The second kappa shape index (κ2) is 8.38. The summed E-state index contributed by atoms with van der Waals surface area (Å²) in [7, 11) is 1.73. The fourth-order valence-electron chi connectivity index (χ4n) is 3.92. The summed E-state index contributed by atoms with van der Waals surface area (Å²) in [5.74, 6) is 0.915. The van der Waals surface area contributed by atoms with Crippen LogP contribution in [0.1, 0.15) is 22.9 Å². The van der Waals surface area contributed by atoms with Gasteiger partial charge in [-0.05, 0) is 28.8 Å². The average Bonchev–Trinajstić information content (AvgIpc) is 3.11. The number of methoxy groups -OCH3 is 1. The van der Waals surface area contributed by atoms with Crippen molar-refractivity contribution in [2.45, 2.75) is 19.3 Å². The summed E-state index contributed by atoms with van der Waals surface area (Å²) in [6.07, 6.45) is 0.250. The van der Waals surface area contributed by atoms with Gasteiger partial charge in [-0.2, -0.15) is 0 Å². The Balaban J connectivity index is 1.62. The first-order chi connectivity index (χ1) is 13.3.